The fourth-order valence-electron chi connectivity index (χ4n) is 2.94. The van der Waals surface area contributed by atoms with E-state index in [0.717, 1.165) is 12.0 Å². The van der Waals surface area contributed by atoms with Gasteiger partial charge in [0.05, 0.1) is 11.6 Å². The van der Waals surface area contributed by atoms with Crippen molar-refractivity contribution in [1.29, 1.82) is 5.26 Å². The van der Waals surface area contributed by atoms with Crippen molar-refractivity contribution in [2.75, 3.05) is 11.9 Å². The lowest BCUT2D eigenvalue weighted by molar-refractivity contribution is -0.135. The van der Waals surface area contributed by atoms with Crippen molar-refractivity contribution in [2.45, 2.75) is 32.9 Å². The van der Waals surface area contributed by atoms with Crippen LogP contribution in [0, 0.1) is 11.3 Å². The quantitative estimate of drug-likeness (QED) is 0.903. The van der Waals surface area contributed by atoms with E-state index in [9.17, 15) is 9.59 Å². The van der Waals surface area contributed by atoms with Gasteiger partial charge in [0.1, 0.15) is 5.75 Å². The highest BCUT2D eigenvalue weighted by molar-refractivity contribution is 6.04. The number of hydrogen-bond donors (Lipinski definition) is 1. The number of nitrogens with zero attached hydrogens (tertiary/aromatic N) is 2. The molecule has 1 aliphatic rings. The van der Waals surface area contributed by atoms with Crippen molar-refractivity contribution in [1.82, 2.24) is 4.90 Å². The van der Waals surface area contributed by atoms with E-state index in [1.165, 1.54) is 0 Å². The summed E-state index contributed by atoms with van der Waals surface area (Å²) in [7, 11) is 0. The molecule has 6 heteroatoms. The second-order valence-electron chi connectivity index (χ2n) is 6.53. The summed E-state index contributed by atoms with van der Waals surface area (Å²) in [6.07, 6.45) is 0.857. The number of fused-ring (bicyclic) bond motifs is 1. The Morgan fingerprint density at radius 2 is 2.04 bits per heavy atom. The third kappa shape index (κ3) is 4.09. The Hall–Kier alpha value is -3.33. The topological polar surface area (TPSA) is 82.4 Å². The van der Waals surface area contributed by atoms with E-state index in [-0.39, 0.29) is 24.5 Å². The Balaban J connectivity index is 1.80. The van der Waals surface area contributed by atoms with Crippen LogP contribution in [0.1, 0.15) is 41.8 Å². The first-order chi connectivity index (χ1) is 13.0. The van der Waals surface area contributed by atoms with E-state index in [1.807, 2.05) is 26.0 Å². The molecular formula is C21H21N3O3. The summed E-state index contributed by atoms with van der Waals surface area (Å²) < 4.78 is 5.62. The number of ether oxygens (including phenoxy) is 1. The molecule has 2 amide bonds. The Labute approximate surface area is 158 Å². The average molecular weight is 363 g/mol. The SMILES string of the molecule is CCC(C)N1Cc2cc(NC(=O)c3ccc(C#N)cc3)ccc2OCC1=O. The van der Waals surface area contributed by atoms with Crippen LogP contribution in [-0.4, -0.2) is 29.4 Å². The fourth-order valence-corrected chi connectivity index (χ4v) is 2.94. The average Bonchev–Trinajstić information content (AvgIpc) is 2.86. The molecule has 1 atom stereocenters. The number of rotatable bonds is 4. The zero-order valence-electron chi connectivity index (χ0n) is 15.4. The Morgan fingerprint density at radius 3 is 2.70 bits per heavy atom. The van der Waals surface area contributed by atoms with Crippen LogP contribution in [0.15, 0.2) is 42.5 Å². The van der Waals surface area contributed by atoms with Crippen molar-refractivity contribution in [3.05, 3.63) is 59.2 Å². The van der Waals surface area contributed by atoms with Gasteiger partial charge in [-0.05, 0) is 55.8 Å². The number of benzene rings is 2. The standard InChI is InChI=1S/C21H21N3O3/c1-3-14(2)24-12-17-10-18(8-9-19(17)27-13-20(24)25)23-21(26)16-6-4-15(11-22)5-7-16/h4-10,14H,3,12-13H2,1-2H3,(H,23,26). The van der Waals surface area contributed by atoms with Crippen molar-refractivity contribution < 1.29 is 14.3 Å². The monoisotopic (exact) mass is 363 g/mol. The molecule has 0 aromatic heterocycles. The fraction of sp³-hybridized carbons (Fsp3) is 0.286. The first-order valence-corrected chi connectivity index (χ1v) is 8.88. The highest BCUT2D eigenvalue weighted by Gasteiger charge is 2.25. The van der Waals surface area contributed by atoms with E-state index in [4.69, 9.17) is 10.00 Å². The Kier molecular flexibility index (Phi) is 5.41. The van der Waals surface area contributed by atoms with Gasteiger partial charge in [-0.2, -0.15) is 5.26 Å². The smallest absolute Gasteiger partial charge is 0.261 e. The van der Waals surface area contributed by atoms with Crippen LogP contribution in [0.2, 0.25) is 0 Å². The molecule has 1 N–H and O–H groups in total. The van der Waals surface area contributed by atoms with Crippen molar-refractivity contribution in [3.8, 4) is 11.8 Å². The second kappa shape index (κ2) is 7.92. The molecule has 0 fully saturated rings. The molecule has 138 valence electrons. The lowest BCUT2D eigenvalue weighted by Crippen LogP contribution is -2.39. The summed E-state index contributed by atoms with van der Waals surface area (Å²) >= 11 is 0. The lowest BCUT2D eigenvalue weighted by Gasteiger charge is -2.26. The minimum Gasteiger partial charge on any atom is -0.483 e. The number of nitriles is 1. The van der Waals surface area contributed by atoms with Gasteiger partial charge >= 0.3 is 0 Å². The van der Waals surface area contributed by atoms with Crippen LogP contribution in [0.5, 0.6) is 5.75 Å². The molecule has 0 radical (unpaired) electrons. The third-order valence-corrected chi connectivity index (χ3v) is 4.73. The van der Waals surface area contributed by atoms with Gasteiger partial charge in [-0.25, -0.2) is 0 Å². The van der Waals surface area contributed by atoms with E-state index in [0.29, 0.717) is 29.1 Å². The summed E-state index contributed by atoms with van der Waals surface area (Å²) in [5.74, 6) is 0.359. The first-order valence-electron chi connectivity index (χ1n) is 8.88. The van der Waals surface area contributed by atoms with Crippen LogP contribution < -0.4 is 10.1 Å². The maximum Gasteiger partial charge on any atom is 0.261 e. The summed E-state index contributed by atoms with van der Waals surface area (Å²) in [4.78, 5) is 26.5. The molecule has 6 nitrogen and oxygen atoms in total. The zero-order valence-corrected chi connectivity index (χ0v) is 15.4. The van der Waals surface area contributed by atoms with Gasteiger partial charge in [0.2, 0.25) is 0 Å². The second-order valence-corrected chi connectivity index (χ2v) is 6.53. The molecule has 0 aliphatic carbocycles. The highest BCUT2D eigenvalue weighted by atomic mass is 16.5. The third-order valence-electron chi connectivity index (χ3n) is 4.73. The molecular weight excluding hydrogens is 342 g/mol. The summed E-state index contributed by atoms with van der Waals surface area (Å²) in [5.41, 5.74) is 2.46. The van der Waals surface area contributed by atoms with Crippen LogP contribution in [0.25, 0.3) is 0 Å². The number of nitrogens with one attached hydrogen (secondary N) is 1. The Morgan fingerprint density at radius 1 is 1.30 bits per heavy atom. The number of amides is 2. The number of carbonyl (C=O) groups excluding carboxylic acids is 2. The highest BCUT2D eigenvalue weighted by Crippen LogP contribution is 2.28. The molecule has 1 unspecified atom stereocenters. The molecule has 2 aromatic carbocycles. The van der Waals surface area contributed by atoms with Crippen molar-refractivity contribution in [3.63, 3.8) is 0 Å². The predicted octanol–water partition coefficient (Wildman–Crippen LogP) is 3.33. The molecule has 0 saturated heterocycles. The maximum absolute atomic E-state index is 12.4. The van der Waals surface area contributed by atoms with E-state index < -0.39 is 0 Å². The molecule has 3 rings (SSSR count). The minimum absolute atomic E-state index is 0.0221. The number of anilines is 1. The van der Waals surface area contributed by atoms with Gasteiger partial charge in [-0.3, -0.25) is 9.59 Å². The lowest BCUT2D eigenvalue weighted by atomic mass is 10.1. The molecule has 0 saturated carbocycles. The summed E-state index contributed by atoms with van der Waals surface area (Å²) in [6, 6.07) is 14.0. The maximum atomic E-state index is 12.4. The molecule has 0 bridgehead atoms. The van der Waals surface area contributed by atoms with E-state index >= 15 is 0 Å². The van der Waals surface area contributed by atoms with E-state index in [1.54, 1.807) is 41.3 Å². The van der Waals surface area contributed by atoms with Gasteiger partial charge in [0.15, 0.2) is 6.61 Å². The molecule has 0 spiro atoms. The van der Waals surface area contributed by atoms with Gasteiger partial charge in [-0.1, -0.05) is 6.92 Å². The molecule has 1 heterocycles. The van der Waals surface area contributed by atoms with Crippen molar-refractivity contribution >= 4 is 17.5 Å². The first kappa shape index (κ1) is 18.5. The van der Waals surface area contributed by atoms with E-state index in [2.05, 4.69) is 5.32 Å². The largest absolute Gasteiger partial charge is 0.483 e. The van der Waals surface area contributed by atoms with Gasteiger partial charge < -0.3 is 15.0 Å². The normalized spacial score (nSPS) is 14.4. The predicted molar refractivity (Wildman–Crippen MR) is 101 cm³/mol. The van der Waals surface area contributed by atoms with Crippen LogP contribution in [0.4, 0.5) is 5.69 Å². The summed E-state index contributed by atoms with van der Waals surface area (Å²) in [6.45, 7) is 4.52. The minimum atomic E-state index is -0.260. The van der Waals surface area contributed by atoms with Gasteiger partial charge in [0.25, 0.3) is 11.8 Å². The molecule has 2 aromatic rings. The summed E-state index contributed by atoms with van der Waals surface area (Å²) in [5, 5.41) is 11.7. The van der Waals surface area contributed by atoms with Crippen LogP contribution in [0.3, 0.4) is 0 Å². The van der Waals surface area contributed by atoms with Gasteiger partial charge in [0, 0.05) is 29.4 Å². The number of hydrogen-bond acceptors (Lipinski definition) is 4. The van der Waals surface area contributed by atoms with Crippen LogP contribution in [-0.2, 0) is 11.3 Å². The molecule has 1 aliphatic heterocycles. The molecule has 27 heavy (non-hydrogen) atoms. The number of carbonyl (C=O) groups is 2. The Bertz CT molecular complexity index is 900. The zero-order chi connectivity index (χ0) is 19.4. The van der Waals surface area contributed by atoms with Crippen molar-refractivity contribution in [2.24, 2.45) is 0 Å². The van der Waals surface area contributed by atoms with Gasteiger partial charge in [-0.15, -0.1) is 0 Å². The van der Waals surface area contributed by atoms with Crippen LogP contribution >= 0.6 is 0 Å².